The predicted molar refractivity (Wildman–Crippen MR) is 122 cm³/mol. The first-order valence-corrected chi connectivity index (χ1v) is 8.87. The molecular formula is C20H27IN4O3. The first kappa shape index (κ1) is 23.7. The third-order valence-electron chi connectivity index (χ3n) is 3.88. The van der Waals surface area contributed by atoms with Crippen molar-refractivity contribution < 1.29 is 9.66 Å². The molecule has 0 fully saturated rings. The summed E-state index contributed by atoms with van der Waals surface area (Å²) in [6, 6.07) is 14.3. The highest BCUT2D eigenvalue weighted by atomic mass is 127. The van der Waals surface area contributed by atoms with E-state index >= 15 is 0 Å². The van der Waals surface area contributed by atoms with Gasteiger partial charge in [0.2, 0.25) is 0 Å². The number of nitro groups is 1. The minimum atomic E-state index is -0.405. The number of para-hydroxylation sites is 1. The fourth-order valence-corrected chi connectivity index (χ4v) is 2.40. The molecule has 0 saturated carbocycles. The Kier molecular flexibility index (Phi) is 10.3. The summed E-state index contributed by atoms with van der Waals surface area (Å²) in [5.41, 5.74) is 2.02. The highest BCUT2D eigenvalue weighted by Crippen LogP contribution is 2.16. The Bertz CT molecular complexity index is 779. The molecule has 0 unspecified atom stereocenters. The lowest BCUT2D eigenvalue weighted by Crippen LogP contribution is -2.38. The molecule has 2 rings (SSSR count). The van der Waals surface area contributed by atoms with Gasteiger partial charge in [0.05, 0.1) is 18.6 Å². The topological polar surface area (TPSA) is 88.8 Å². The molecule has 152 valence electrons. The molecule has 2 aromatic rings. The van der Waals surface area contributed by atoms with E-state index in [9.17, 15) is 10.1 Å². The number of aliphatic imine (C=N–C) groups is 1. The van der Waals surface area contributed by atoms with Crippen LogP contribution in [0.25, 0.3) is 0 Å². The second-order valence-corrected chi connectivity index (χ2v) is 6.53. The van der Waals surface area contributed by atoms with E-state index in [1.54, 1.807) is 19.2 Å². The Labute approximate surface area is 182 Å². The van der Waals surface area contributed by atoms with Gasteiger partial charge in [-0.2, -0.15) is 0 Å². The molecule has 2 aromatic carbocycles. The summed E-state index contributed by atoms with van der Waals surface area (Å²) < 4.78 is 5.38. The largest absolute Gasteiger partial charge is 0.496 e. The molecule has 2 N–H and O–H groups in total. The van der Waals surface area contributed by atoms with Gasteiger partial charge in [-0.05, 0) is 17.5 Å². The SMILES string of the molecule is COc1ccccc1CNC(=NCc1ccc([N+](=O)[O-])cc1)NCC(C)C.I. The number of guanidine groups is 1. The maximum absolute atomic E-state index is 10.7. The number of non-ortho nitro benzene ring substituents is 1. The summed E-state index contributed by atoms with van der Waals surface area (Å²) in [6.45, 7) is 6.05. The van der Waals surface area contributed by atoms with Gasteiger partial charge in [0, 0.05) is 30.8 Å². The maximum atomic E-state index is 10.7. The van der Waals surface area contributed by atoms with Crippen molar-refractivity contribution in [2.75, 3.05) is 13.7 Å². The Balaban J connectivity index is 0.00000392. The predicted octanol–water partition coefficient (Wildman–Crippen LogP) is 4.11. The van der Waals surface area contributed by atoms with Crippen LogP contribution in [-0.2, 0) is 13.1 Å². The zero-order chi connectivity index (χ0) is 19.6. The number of methoxy groups -OCH3 is 1. The van der Waals surface area contributed by atoms with E-state index in [2.05, 4.69) is 29.5 Å². The van der Waals surface area contributed by atoms with Crippen molar-refractivity contribution in [1.82, 2.24) is 10.6 Å². The van der Waals surface area contributed by atoms with Gasteiger partial charge in [-0.1, -0.05) is 44.2 Å². The normalized spacial score (nSPS) is 10.9. The Morgan fingerprint density at radius 1 is 1.14 bits per heavy atom. The summed E-state index contributed by atoms with van der Waals surface area (Å²) >= 11 is 0. The Morgan fingerprint density at radius 2 is 1.82 bits per heavy atom. The van der Waals surface area contributed by atoms with Gasteiger partial charge in [0.1, 0.15) is 5.75 Å². The summed E-state index contributed by atoms with van der Waals surface area (Å²) in [5.74, 6) is 1.99. The molecule has 0 saturated heterocycles. The van der Waals surface area contributed by atoms with Crippen molar-refractivity contribution in [3.8, 4) is 5.75 Å². The Hall–Kier alpha value is -2.36. The molecule has 8 heteroatoms. The second kappa shape index (κ2) is 12.2. The Morgan fingerprint density at radius 3 is 2.43 bits per heavy atom. The number of nitrogens with one attached hydrogen (secondary N) is 2. The maximum Gasteiger partial charge on any atom is 0.269 e. The quantitative estimate of drug-likeness (QED) is 0.188. The van der Waals surface area contributed by atoms with Gasteiger partial charge in [-0.15, -0.1) is 24.0 Å². The molecule has 0 atom stereocenters. The average Bonchev–Trinajstić information content (AvgIpc) is 2.67. The van der Waals surface area contributed by atoms with E-state index < -0.39 is 4.92 Å². The van der Waals surface area contributed by atoms with Crippen LogP contribution in [0.3, 0.4) is 0 Å². The standard InChI is InChI=1S/C20H26N4O3.HI/c1-15(2)12-21-20(23-14-17-6-4-5-7-19(17)27-3)22-13-16-8-10-18(11-9-16)24(25)26;/h4-11,15H,12-14H2,1-3H3,(H2,21,22,23);1H. The second-order valence-electron chi connectivity index (χ2n) is 6.53. The van der Waals surface area contributed by atoms with Crippen LogP contribution in [0, 0.1) is 16.0 Å². The van der Waals surface area contributed by atoms with Crippen molar-refractivity contribution in [3.05, 3.63) is 69.8 Å². The van der Waals surface area contributed by atoms with Crippen molar-refractivity contribution in [1.29, 1.82) is 0 Å². The average molecular weight is 498 g/mol. The number of ether oxygens (including phenoxy) is 1. The van der Waals surface area contributed by atoms with E-state index in [0.717, 1.165) is 23.4 Å². The molecule has 0 aromatic heterocycles. The number of nitrogens with zero attached hydrogens (tertiary/aromatic N) is 2. The smallest absolute Gasteiger partial charge is 0.269 e. The van der Waals surface area contributed by atoms with Crippen LogP contribution < -0.4 is 15.4 Å². The summed E-state index contributed by atoms with van der Waals surface area (Å²) in [5, 5.41) is 17.4. The lowest BCUT2D eigenvalue weighted by molar-refractivity contribution is -0.384. The monoisotopic (exact) mass is 498 g/mol. The van der Waals surface area contributed by atoms with Crippen molar-refractivity contribution in [2.45, 2.75) is 26.9 Å². The van der Waals surface area contributed by atoms with Crippen molar-refractivity contribution >= 4 is 35.6 Å². The molecule has 0 amide bonds. The van der Waals surface area contributed by atoms with Gasteiger partial charge in [0.15, 0.2) is 5.96 Å². The number of hydrogen-bond donors (Lipinski definition) is 2. The van der Waals surface area contributed by atoms with E-state index in [1.807, 2.05) is 24.3 Å². The van der Waals surface area contributed by atoms with Crippen LogP contribution in [0.1, 0.15) is 25.0 Å². The number of benzene rings is 2. The zero-order valence-electron chi connectivity index (χ0n) is 16.3. The third kappa shape index (κ3) is 7.71. The van der Waals surface area contributed by atoms with Gasteiger partial charge in [0.25, 0.3) is 5.69 Å². The first-order valence-electron chi connectivity index (χ1n) is 8.87. The summed E-state index contributed by atoms with van der Waals surface area (Å²) in [4.78, 5) is 14.9. The van der Waals surface area contributed by atoms with Gasteiger partial charge in [-0.3, -0.25) is 10.1 Å². The molecule has 0 spiro atoms. The van der Waals surface area contributed by atoms with E-state index in [0.29, 0.717) is 25.0 Å². The molecule has 0 aliphatic carbocycles. The molecule has 7 nitrogen and oxygen atoms in total. The lowest BCUT2D eigenvalue weighted by Gasteiger charge is -2.15. The summed E-state index contributed by atoms with van der Waals surface area (Å²) in [7, 11) is 1.65. The molecule has 0 radical (unpaired) electrons. The number of nitro benzene ring substituents is 1. The number of hydrogen-bond acceptors (Lipinski definition) is 4. The third-order valence-corrected chi connectivity index (χ3v) is 3.88. The first-order chi connectivity index (χ1) is 13.0. The van der Waals surface area contributed by atoms with Crippen LogP contribution in [0.15, 0.2) is 53.5 Å². The highest BCUT2D eigenvalue weighted by molar-refractivity contribution is 14.0. The van der Waals surface area contributed by atoms with Crippen molar-refractivity contribution in [2.24, 2.45) is 10.9 Å². The van der Waals surface area contributed by atoms with Gasteiger partial charge in [-0.25, -0.2) is 4.99 Å². The molecule has 0 aliphatic heterocycles. The van der Waals surface area contributed by atoms with Crippen molar-refractivity contribution in [3.63, 3.8) is 0 Å². The van der Waals surface area contributed by atoms with Crippen LogP contribution in [0.2, 0.25) is 0 Å². The fraction of sp³-hybridized carbons (Fsp3) is 0.350. The molecule has 0 aliphatic rings. The fourth-order valence-electron chi connectivity index (χ4n) is 2.40. The van der Waals surface area contributed by atoms with Gasteiger partial charge >= 0.3 is 0 Å². The molecule has 0 heterocycles. The van der Waals surface area contributed by atoms with E-state index in [4.69, 9.17) is 4.74 Å². The number of halogens is 1. The van der Waals surface area contributed by atoms with Crippen LogP contribution >= 0.6 is 24.0 Å². The molecule has 0 bridgehead atoms. The van der Waals surface area contributed by atoms with E-state index in [-0.39, 0.29) is 29.7 Å². The minimum absolute atomic E-state index is 0. The number of rotatable bonds is 8. The van der Waals surface area contributed by atoms with Crippen LogP contribution in [0.4, 0.5) is 5.69 Å². The summed E-state index contributed by atoms with van der Waals surface area (Å²) in [6.07, 6.45) is 0. The van der Waals surface area contributed by atoms with E-state index in [1.165, 1.54) is 12.1 Å². The molecule has 28 heavy (non-hydrogen) atoms. The highest BCUT2D eigenvalue weighted by Gasteiger charge is 2.06. The van der Waals surface area contributed by atoms with Gasteiger partial charge < -0.3 is 15.4 Å². The molecular weight excluding hydrogens is 471 g/mol. The minimum Gasteiger partial charge on any atom is -0.496 e. The zero-order valence-corrected chi connectivity index (χ0v) is 18.7. The van der Waals surface area contributed by atoms with Crippen LogP contribution in [0.5, 0.6) is 5.75 Å². The van der Waals surface area contributed by atoms with Crippen LogP contribution in [-0.4, -0.2) is 24.5 Å². The lowest BCUT2D eigenvalue weighted by atomic mass is 10.2.